The number of rotatable bonds is 4. The van der Waals surface area contributed by atoms with Gasteiger partial charge in [-0.1, -0.05) is 11.6 Å². The van der Waals surface area contributed by atoms with E-state index >= 15 is 0 Å². The van der Waals surface area contributed by atoms with E-state index in [0.29, 0.717) is 28.7 Å². The van der Waals surface area contributed by atoms with Gasteiger partial charge >= 0.3 is 5.97 Å². The van der Waals surface area contributed by atoms with Crippen LogP contribution in [0.1, 0.15) is 24.9 Å². The van der Waals surface area contributed by atoms with Crippen molar-refractivity contribution in [3.05, 3.63) is 22.7 Å². The molecule has 2 N–H and O–H groups in total. The summed E-state index contributed by atoms with van der Waals surface area (Å²) in [5, 5.41) is 0.455. The molecule has 5 nitrogen and oxygen atoms in total. The zero-order valence-electron chi connectivity index (χ0n) is 9.94. The maximum absolute atomic E-state index is 11.4. The zero-order valence-corrected chi connectivity index (χ0v) is 10.7. The van der Waals surface area contributed by atoms with Crippen molar-refractivity contribution in [2.75, 3.05) is 13.4 Å². The summed E-state index contributed by atoms with van der Waals surface area (Å²) < 4.78 is 15.3. The van der Waals surface area contributed by atoms with E-state index in [2.05, 4.69) is 0 Å². The van der Waals surface area contributed by atoms with Crippen LogP contribution in [0.3, 0.4) is 0 Å². The molecule has 0 spiro atoms. The van der Waals surface area contributed by atoms with Gasteiger partial charge in [-0.25, -0.2) is 0 Å². The normalized spacial score (nSPS) is 14.4. The largest absolute Gasteiger partial charge is 0.466 e. The molecular weight excluding hydrogens is 258 g/mol. The Balaban J connectivity index is 2.15. The van der Waals surface area contributed by atoms with Crippen LogP contribution in [0.4, 0.5) is 0 Å². The van der Waals surface area contributed by atoms with Crippen LogP contribution < -0.4 is 15.2 Å². The molecule has 0 amide bonds. The van der Waals surface area contributed by atoms with Gasteiger partial charge in [-0.2, -0.15) is 0 Å². The van der Waals surface area contributed by atoms with Crippen LogP contribution in [-0.4, -0.2) is 19.4 Å². The number of nitrogens with two attached hydrogens (primary N) is 1. The highest BCUT2D eigenvalue weighted by Gasteiger charge is 2.21. The van der Waals surface area contributed by atoms with E-state index < -0.39 is 6.04 Å². The van der Waals surface area contributed by atoms with E-state index in [9.17, 15) is 4.79 Å². The molecule has 0 saturated heterocycles. The van der Waals surface area contributed by atoms with Crippen molar-refractivity contribution in [2.24, 2.45) is 5.73 Å². The number of carbonyl (C=O) groups is 1. The van der Waals surface area contributed by atoms with Gasteiger partial charge in [-0.3, -0.25) is 4.79 Å². The van der Waals surface area contributed by atoms with E-state index in [0.717, 1.165) is 0 Å². The fourth-order valence-corrected chi connectivity index (χ4v) is 2.02. The molecule has 0 aliphatic carbocycles. The minimum absolute atomic E-state index is 0.0766. The lowest BCUT2D eigenvalue weighted by Crippen LogP contribution is -2.17. The Hall–Kier alpha value is -1.46. The first-order valence-electron chi connectivity index (χ1n) is 5.62. The molecule has 0 unspecified atom stereocenters. The van der Waals surface area contributed by atoms with Crippen molar-refractivity contribution < 1.29 is 19.0 Å². The molecule has 0 radical (unpaired) electrons. The molecule has 2 rings (SSSR count). The fourth-order valence-electron chi connectivity index (χ4n) is 1.73. The summed E-state index contributed by atoms with van der Waals surface area (Å²) in [4.78, 5) is 11.4. The first-order chi connectivity index (χ1) is 8.61. The molecule has 1 aliphatic heterocycles. The topological polar surface area (TPSA) is 70.8 Å². The van der Waals surface area contributed by atoms with Crippen molar-refractivity contribution in [2.45, 2.75) is 19.4 Å². The van der Waals surface area contributed by atoms with Crippen LogP contribution in [0, 0.1) is 0 Å². The quantitative estimate of drug-likeness (QED) is 0.849. The van der Waals surface area contributed by atoms with Gasteiger partial charge in [0.05, 0.1) is 13.0 Å². The third-order valence-corrected chi connectivity index (χ3v) is 2.91. The smallest absolute Gasteiger partial charge is 0.307 e. The molecule has 1 atom stereocenters. The molecule has 0 aromatic heterocycles. The molecule has 1 heterocycles. The molecule has 98 valence electrons. The second kappa shape index (κ2) is 5.46. The summed E-state index contributed by atoms with van der Waals surface area (Å²) in [5.74, 6) is 0.833. The maximum atomic E-state index is 11.4. The first kappa shape index (κ1) is 13.0. The van der Waals surface area contributed by atoms with Crippen molar-refractivity contribution in [1.29, 1.82) is 0 Å². The van der Waals surface area contributed by atoms with E-state index in [1.165, 1.54) is 0 Å². The molecule has 6 heteroatoms. The van der Waals surface area contributed by atoms with Crippen LogP contribution in [0.5, 0.6) is 11.5 Å². The molecule has 0 fully saturated rings. The molecule has 0 bridgehead atoms. The number of hydrogen-bond donors (Lipinski definition) is 1. The van der Waals surface area contributed by atoms with Gasteiger partial charge in [0.25, 0.3) is 0 Å². The number of fused-ring (bicyclic) bond motifs is 1. The Morgan fingerprint density at radius 3 is 2.83 bits per heavy atom. The van der Waals surface area contributed by atoms with Gasteiger partial charge in [0.15, 0.2) is 11.5 Å². The van der Waals surface area contributed by atoms with Gasteiger partial charge in [0.2, 0.25) is 6.79 Å². The number of carbonyl (C=O) groups excluding carboxylic acids is 1. The zero-order chi connectivity index (χ0) is 13.1. The highest BCUT2D eigenvalue weighted by molar-refractivity contribution is 6.31. The standard InChI is InChI=1S/C12H14ClNO4/c1-2-16-12(15)5-9(14)7-3-10-11(4-8(7)13)18-6-17-10/h3-4,9H,2,5-6,14H2,1H3/t9-/m0/s1. The second-order valence-corrected chi connectivity index (χ2v) is 4.25. The summed E-state index contributed by atoms with van der Waals surface area (Å²) in [6.07, 6.45) is 0.0766. The molecular formula is C12H14ClNO4. The Bertz CT molecular complexity index is 464. The van der Waals surface area contributed by atoms with Crippen LogP contribution in [0.15, 0.2) is 12.1 Å². The number of esters is 1. The van der Waals surface area contributed by atoms with Gasteiger partial charge in [-0.05, 0) is 18.6 Å². The second-order valence-electron chi connectivity index (χ2n) is 3.84. The SMILES string of the molecule is CCOC(=O)C[C@H](N)c1cc2c(cc1Cl)OCO2. The summed E-state index contributed by atoms with van der Waals surface area (Å²) >= 11 is 6.10. The summed E-state index contributed by atoms with van der Waals surface area (Å²) in [6.45, 7) is 2.25. The van der Waals surface area contributed by atoms with E-state index in [1.807, 2.05) is 0 Å². The van der Waals surface area contributed by atoms with Crippen LogP contribution >= 0.6 is 11.6 Å². The van der Waals surface area contributed by atoms with Gasteiger partial charge in [0.1, 0.15) is 0 Å². The van der Waals surface area contributed by atoms with E-state index in [-0.39, 0.29) is 19.2 Å². The van der Waals surface area contributed by atoms with Gasteiger partial charge in [0, 0.05) is 17.1 Å². The number of ether oxygens (including phenoxy) is 3. The van der Waals surface area contributed by atoms with Crippen LogP contribution in [0.25, 0.3) is 0 Å². The number of halogens is 1. The van der Waals surface area contributed by atoms with Crippen LogP contribution in [-0.2, 0) is 9.53 Å². The fraction of sp³-hybridized carbons (Fsp3) is 0.417. The average molecular weight is 272 g/mol. The maximum Gasteiger partial charge on any atom is 0.307 e. The predicted molar refractivity (Wildman–Crippen MR) is 65.8 cm³/mol. The highest BCUT2D eigenvalue weighted by Crippen LogP contribution is 2.38. The number of benzene rings is 1. The third-order valence-electron chi connectivity index (χ3n) is 2.58. The lowest BCUT2D eigenvalue weighted by Gasteiger charge is -2.13. The summed E-state index contributed by atoms with van der Waals surface area (Å²) in [5.41, 5.74) is 6.59. The third kappa shape index (κ3) is 2.68. The average Bonchev–Trinajstić information content (AvgIpc) is 2.74. The minimum atomic E-state index is -0.522. The molecule has 1 aromatic rings. The predicted octanol–water partition coefficient (Wildman–Crippen LogP) is 2.02. The Labute approximate surface area is 110 Å². The lowest BCUT2D eigenvalue weighted by atomic mass is 10.0. The minimum Gasteiger partial charge on any atom is -0.466 e. The van der Waals surface area contributed by atoms with Crippen molar-refractivity contribution in [1.82, 2.24) is 0 Å². The van der Waals surface area contributed by atoms with Crippen molar-refractivity contribution in [3.63, 3.8) is 0 Å². The summed E-state index contributed by atoms with van der Waals surface area (Å²) in [7, 11) is 0. The van der Waals surface area contributed by atoms with Crippen molar-refractivity contribution >= 4 is 17.6 Å². The van der Waals surface area contributed by atoms with E-state index in [4.69, 9.17) is 31.5 Å². The Morgan fingerprint density at radius 1 is 1.50 bits per heavy atom. The molecule has 1 aliphatic rings. The monoisotopic (exact) mass is 271 g/mol. The van der Waals surface area contributed by atoms with Crippen LogP contribution in [0.2, 0.25) is 5.02 Å². The van der Waals surface area contributed by atoms with Gasteiger partial charge in [-0.15, -0.1) is 0 Å². The first-order valence-corrected chi connectivity index (χ1v) is 6.00. The van der Waals surface area contributed by atoms with E-state index in [1.54, 1.807) is 19.1 Å². The Kier molecular flexibility index (Phi) is 3.93. The highest BCUT2D eigenvalue weighted by atomic mass is 35.5. The van der Waals surface area contributed by atoms with Crippen molar-refractivity contribution in [3.8, 4) is 11.5 Å². The molecule has 18 heavy (non-hydrogen) atoms. The number of hydrogen-bond acceptors (Lipinski definition) is 5. The van der Waals surface area contributed by atoms with Gasteiger partial charge < -0.3 is 19.9 Å². The molecule has 1 aromatic carbocycles. The molecule has 0 saturated carbocycles. The lowest BCUT2D eigenvalue weighted by molar-refractivity contribution is -0.143. The Morgan fingerprint density at radius 2 is 2.17 bits per heavy atom. The summed E-state index contributed by atoms with van der Waals surface area (Å²) in [6, 6.07) is 2.82.